The van der Waals surface area contributed by atoms with Gasteiger partial charge in [-0.15, -0.1) is 11.8 Å². The van der Waals surface area contributed by atoms with Gasteiger partial charge in [0.15, 0.2) is 0 Å². The number of rotatable bonds is 5. The van der Waals surface area contributed by atoms with Gasteiger partial charge in [0.2, 0.25) is 5.91 Å². The Morgan fingerprint density at radius 2 is 1.58 bits per heavy atom. The molecule has 0 N–H and O–H groups in total. The summed E-state index contributed by atoms with van der Waals surface area (Å²) in [7, 11) is 0. The molecule has 3 rings (SSSR count). The molecule has 0 saturated heterocycles. The molecule has 0 unspecified atom stereocenters. The SMILES string of the molecule is CCOC(=O)CSCC(=O)N1c2ccccc2Sc2ccccc21. The molecule has 0 atom stereocenters. The lowest BCUT2D eigenvalue weighted by Gasteiger charge is -2.30. The smallest absolute Gasteiger partial charge is 0.315 e. The maximum Gasteiger partial charge on any atom is 0.315 e. The summed E-state index contributed by atoms with van der Waals surface area (Å²) in [6, 6.07) is 15.7. The lowest BCUT2D eigenvalue weighted by atomic mass is 10.2. The highest BCUT2D eigenvalue weighted by atomic mass is 32.2. The Balaban J connectivity index is 1.79. The molecule has 24 heavy (non-hydrogen) atoms. The first-order valence-corrected chi connectivity index (χ1v) is 9.60. The van der Waals surface area contributed by atoms with Crippen molar-refractivity contribution in [3.05, 3.63) is 48.5 Å². The topological polar surface area (TPSA) is 46.6 Å². The zero-order valence-electron chi connectivity index (χ0n) is 13.2. The summed E-state index contributed by atoms with van der Waals surface area (Å²) in [5.74, 6) is 0.0900. The maximum atomic E-state index is 12.8. The first kappa shape index (κ1) is 16.9. The van der Waals surface area contributed by atoms with Crippen molar-refractivity contribution in [1.29, 1.82) is 0 Å². The molecule has 124 valence electrons. The van der Waals surface area contributed by atoms with Gasteiger partial charge >= 0.3 is 5.97 Å². The normalized spacial score (nSPS) is 12.3. The van der Waals surface area contributed by atoms with Crippen molar-refractivity contribution in [1.82, 2.24) is 0 Å². The van der Waals surface area contributed by atoms with Crippen molar-refractivity contribution in [2.75, 3.05) is 23.0 Å². The summed E-state index contributed by atoms with van der Waals surface area (Å²) >= 11 is 2.94. The molecule has 4 nitrogen and oxygen atoms in total. The molecule has 0 aromatic heterocycles. The van der Waals surface area contributed by atoms with Crippen LogP contribution in [0.25, 0.3) is 0 Å². The van der Waals surface area contributed by atoms with Crippen LogP contribution < -0.4 is 4.90 Å². The molecule has 0 spiro atoms. The Bertz CT molecular complexity index is 718. The Labute approximate surface area is 149 Å². The maximum absolute atomic E-state index is 12.8. The van der Waals surface area contributed by atoms with Crippen LogP contribution in [0.5, 0.6) is 0 Å². The number of nitrogens with zero attached hydrogens (tertiary/aromatic N) is 1. The highest BCUT2D eigenvalue weighted by Crippen LogP contribution is 2.47. The van der Waals surface area contributed by atoms with Crippen LogP contribution >= 0.6 is 23.5 Å². The number of amides is 1. The molecule has 0 radical (unpaired) electrons. The highest BCUT2D eigenvalue weighted by Gasteiger charge is 2.27. The second kappa shape index (κ2) is 7.77. The van der Waals surface area contributed by atoms with Gasteiger partial charge in [0.25, 0.3) is 0 Å². The van der Waals surface area contributed by atoms with E-state index in [0.717, 1.165) is 21.2 Å². The summed E-state index contributed by atoms with van der Waals surface area (Å²) < 4.78 is 4.89. The minimum atomic E-state index is -0.287. The fourth-order valence-electron chi connectivity index (χ4n) is 2.46. The van der Waals surface area contributed by atoms with Crippen molar-refractivity contribution in [2.45, 2.75) is 16.7 Å². The molecule has 1 heterocycles. The fraction of sp³-hybridized carbons (Fsp3) is 0.222. The summed E-state index contributed by atoms with van der Waals surface area (Å²) in [6.45, 7) is 2.13. The largest absolute Gasteiger partial charge is 0.465 e. The van der Waals surface area contributed by atoms with Gasteiger partial charge in [-0.3, -0.25) is 14.5 Å². The van der Waals surface area contributed by atoms with E-state index in [2.05, 4.69) is 0 Å². The lowest BCUT2D eigenvalue weighted by molar-refractivity contribution is -0.139. The number of anilines is 2. The monoisotopic (exact) mass is 359 g/mol. The van der Waals surface area contributed by atoms with Crippen LogP contribution in [0.4, 0.5) is 11.4 Å². The van der Waals surface area contributed by atoms with E-state index in [4.69, 9.17) is 4.74 Å². The number of benzene rings is 2. The van der Waals surface area contributed by atoms with Crippen LogP contribution in [-0.4, -0.2) is 30.0 Å². The molecule has 6 heteroatoms. The third-order valence-electron chi connectivity index (χ3n) is 3.43. The molecule has 0 fully saturated rings. The van der Waals surface area contributed by atoms with Crippen LogP contribution in [0.1, 0.15) is 6.92 Å². The zero-order chi connectivity index (χ0) is 16.9. The molecule has 2 aromatic rings. The minimum absolute atomic E-state index is 0.0375. The Morgan fingerprint density at radius 1 is 1.00 bits per heavy atom. The van der Waals surface area contributed by atoms with E-state index < -0.39 is 0 Å². The molecule has 1 aliphatic rings. The van der Waals surface area contributed by atoms with Crippen molar-refractivity contribution in [2.24, 2.45) is 0 Å². The summed E-state index contributed by atoms with van der Waals surface area (Å²) in [6.07, 6.45) is 0. The number of para-hydroxylation sites is 2. The average Bonchev–Trinajstić information content (AvgIpc) is 2.59. The Hall–Kier alpha value is -1.92. The van der Waals surface area contributed by atoms with Gasteiger partial charge in [-0.1, -0.05) is 36.0 Å². The Morgan fingerprint density at radius 3 is 2.17 bits per heavy atom. The van der Waals surface area contributed by atoms with Gasteiger partial charge < -0.3 is 4.74 Å². The molecule has 1 aliphatic heterocycles. The number of hydrogen-bond donors (Lipinski definition) is 0. The number of carbonyl (C=O) groups is 2. The average molecular weight is 359 g/mol. The van der Waals surface area contributed by atoms with Crippen LogP contribution in [0.15, 0.2) is 58.3 Å². The van der Waals surface area contributed by atoms with E-state index in [-0.39, 0.29) is 23.4 Å². The number of esters is 1. The minimum Gasteiger partial charge on any atom is -0.465 e. The third-order valence-corrected chi connectivity index (χ3v) is 5.45. The van der Waals surface area contributed by atoms with E-state index >= 15 is 0 Å². The van der Waals surface area contributed by atoms with Gasteiger partial charge in [0, 0.05) is 9.79 Å². The van der Waals surface area contributed by atoms with Crippen molar-refractivity contribution >= 4 is 46.8 Å². The van der Waals surface area contributed by atoms with Crippen LogP contribution in [0.3, 0.4) is 0 Å². The zero-order valence-corrected chi connectivity index (χ0v) is 14.9. The first-order valence-electron chi connectivity index (χ1n) is 7.63. The van der Waals surface area contributed by atoms with Gasteiger partial charge in [-0.2, -0.15) is 0 Å². The molecule has 1 amide bonds. The van der Waals surface area contributed by atoms with E-state index in [1.165, 1.54) is 11.8 Å². The molecule has 0 aliphatic carbocycles. The Kier molecular flexibility index (Phi) is 5.48. The fourth-order valence-corrected chi connectivity index (χ4v) is 4.18. The quantitative estimate of drug-likeness (QED) is 0.752. The lowest BCUT2D eigenvalue weighted by Crippen LogP contribution is -2.30. The molecule has 0 bridgehead atoms. The highest BCUT2D eigenvalue weighted by molar-refractivity contribution is 8.00. The van der Waals surface area contributed by atoms with Crippen molar-refractivity contribution in [3.8, 4) is 0 Å². The molecular weight excluding hydrogens is 342 g/mol. The third kappa shape index (κ3) is 3.60. The van der Waals surface area contributed by atoms with Crippen molar-refractivity contribution < 1.29 is 14.3 Å². The van der Waals surface area contributed by atoms with E-state index in [1.54, 1.807) is 23.6 Å². The second-order valence-electron chi connectivity index (χ2n) is 5.06. The molecule has 0 saturated carbocycles. The van der Waals surface area contributed by atoms with Crippen LogP contribution in [0.2, 0.25) is 0 Å². The van der Waals surface area contributed by atoms with Gasteiger partial charge in [0.05, 0.1) is 29.5 Å². The van der Waals surface area contributed by atoms with Gasteiger partial charge in [-0.25, -0.2) is 0 Å². The van der Waals surface area contributed by atoms with E-state index in [9.17, 15) is 9.59 Å². The number of thioether (sulfide) groups is 1. The summed E-state index contributed by atoms with van der Waals surface area (Å²) in [5.41, 5.74) is 1.78. The van der Waals surface area contributed by atoms with Gasteiger partial charge in [-0.05, 0) is 31.2 Å². The summed E-state index contributed by atoms with van der Waals surface area (Å²) in [4.78, 5) is 28.1. The first-order chi connectivity index (χ1) is 11.7. The summed E-state index contributed by atoms with van der Waals surface area (Å²) in [5, 5.41) is 0. The predicted molar refractivity (Wildman–Crippen MR) is 98.1 cm³/mol. The molecular formula is C18H17NO3S2. The number of hydrogen-bond acceptors (Lipinski definition) is 5. The number of carbonyl (C=O) groups excluding carboxylic acids is 2. The standard InChI is InChI=1S/C18H17NO3S2/c1-2-22-18(21)12-23-11-17(20)19-13-7-3-5-9-15(13)24-16-10-6-4-8-14(16)19/h3-10H,2,11-12H2,1H3. The van der Waals surface area contributed by atoms with E-state index in [1.807, 2.05) is 48.5 Å². The van der Waals surface area contributed by atoms with Crippen LogP contribution in [0, 0.1) is 0 Å². The number of ether oxygens (including phenoxy) is 1. The van der Waals surface area contributed by atoms with E-state index in [0.29, 0.717) is 6.61 Å². The predicted octanol–water partition coefficient (Wildman–Crippen LogP) is 4.11. The second-order valence-corrected chi connectivity index (χ2v) is 7.13. The molecule has 2 aromatic carbocycles. The van der Waals surface area contributed by atoms with Crippen LogP contribution in [-0.2, 0) is 14.3 Å². The number of fused-ring (bicyclic) bond motifs is 2. The van der Waals surface area contributed by atoms with Crippen molar-refractivity contribution in [3.63, 3.8) is 0 Å². The van der Waals surface area contributed by atoms with Gasteiger partial charge in [0.1, 0.15) is 0 Å².